The maximum atomic E-state index is 10.8. The number of aliphatic hydroxyl groups is 1. The number of nitrogens with one attached hydrogen (secondary N) is 1. The van der Waals surface area contributed by atoms with Crippen molar-refractivity contribution in [2.75, 3.05) is 25.6 Å². The molecule has 0 aromatic carbocycles. The normalized spacial score (nSPS) is 13.8. The van der Waals surface area contributed by atoms with E-state index in [0.717, 1.165) is 0 Å². The highest BCUT2D eigenvalue weighted by Gasteiger charge is 2.22. The Morgan fingerprint density at radius 2 is 2.30 bits per heavy atom. The SMILES string of the molecule is COCCC(C)(O)CNc1ncc([N+](=O)[O-])c(C)c1Br. The molecular formula is C12H18BrN3O4. The summed E-state index contributed by atoms with van der Waals surface area (Å²) >= 11 is 3.28. The summed E-state index contributed by atoms with van der Waals surface area (Å²) in [4.78, 5) is 14.3. The molecule has 0 spiro atoms. The standard InChI is InChI=1S/C12H18BrN3O4/c1-8-9(16(18)19)6-14-11(10(8)13)15-7-12(2,17)4-5-20-3/h6,17H,4-5,7H2,1-3H3,(H,14,15). The van der Waals surface area contributed by atoms with Crippen LogP contribution in [0.3, 0.4) is 0 Å². The van der Waals surface area contributed by atoms with Gasteiger partial charge in [-0.2, -0.15) is 0 Å². The number of methoxy groups -OCH3 is 1. The Kier molecular flexibility index (Phi) is 5.85. The molecule has 7 nitrogen and oxygen atoms in total. The fraction of sp³-hybridized carbons (Fsp3) is 0.583. The van der Waals surface area contributed by atoms with Crippen LogP contribution in [-0.4, -0.2) is 40.9 Å². The zero-order valence-corrected chi connectivity index (χ0v) is 13.2. The Labute approximate surface area is 125 Å². The summed E-state index contributed by atoms with van der Waals surface area (Å²) in [5.41, 5.74) is -0.509. The monoisotopic (exact) mass is 347 g/mol. The van der Waals surface area contributed by atoms with Crippen LogP contribution in [0.2, 0.25) is 0 Å². The summed E-state index contributed by atoms with van der Waals surface area (Å²) in [6, 6.07) is 0. The van der Waals surface area contributed by atoms with Gasteiger partial charge in [0, 0.05) is 32.2 Å². The third-order valence-corrected chi connectivity index (χ3v) is 3.89. The van der Waals surface area contributed by atoms with Gasteiger partial charge in [0.15, 0.2) is 0 Å². The second-order valence-electron chi connectivity index (χ2n) is 4.78. The molecule has 0 amide bonds. The molecule has 0 saturated heterocycles. The third-order valence-electron chi connectivity index (χ3n) is 2.92. The van der Waals surface area contributed by atoms with Gasteiger partial charge >= 0.3 is 0 Å². The third kappa shape index (κ3) is 4.39. The quantitative estimate of drug-likeness (QED) is 0.579. The average Bonchev–Trinajstić information content (AvgIpc) is 2.38. The van der Waals surface area contributed by atoms with Crippen molar-refractivity contribution in [3.8, 4) is 0 Å². The second-order valence-corrected chi connectivity index (χ2v) is 5.57. The number of ether oxygens (including phenoxy) is 1. The van der Waals surface area contributed by atoms with Crippen LogP contribution in [0, 0.1) is 17.0 Å². The first-order chi connectivity index (χ1) is 9.28. The zero-order valence-electron chi connectivity index (χ0n) is 11.6. The summed E-state index contributed by atoms with van der Waals surface area (Å²) in [5.74, 6) is 0.464. The van der Waals surface area contributed by atoms with Crippen molar-refractivity contribution in [3.05, 3.63) is 26.3 Å². The lowest BCUT2D eigenvalue weighted by atomic mass is 10.0. The highest BCUT2D eigenvalue weighted by atomic mass is 79.9. The summed E-state index contributed by atoms with van der Waals surface area (Å²) in [5, 5.41) is 23.9. The van der Waals surface area contributed by atoms with E-state index in [1.165, 1.54) is 6.20 Å². The Bertz CT molecular complexity index is 494. The molecule has 0 bridgehead atoms. The number of hydrogen-bond donors (Lipinski definition) is 2. The first-order valence-electron chi connectivity index (χ1n) is 6.03. The van der Waals surface area contributed by atoms with Gasteiger partial charge in [-0.15, -0.1) is 0 Å². The van der Waals surface area contributed by atoms with E-state index < -0.39 is 10.5 Å². The van der Waals surface area contributed by atoms with E-state index in [4.69, 9.17) is 4.74 Å². The van der Waals surface area contributed by atoms with Crippen LogP contribution in [-0.2, 0) is 4.74 Å². The van der Waals surface area contributed by atoms with Gasteiger partial charge in [0.2, 0.25) is 0 Å². The lowest BCUT2D eigenvalue weighted by molar-refractivity contribution is -0.385. The minimum Gasteiger partial charge on any atom is -0.388 e. The Hall–Kier alpha value is -1.25. The molecule has 8 heteroatoms. The average molecular weight is 348 g/mol. The summed E-state index contributed by atoms with van der Waals surface area (Å²) in [7, 11) is 1.57. The fourth-order valence-corrected chi connectivity index (χ4v) is 2.01. The van der Waals surface area contributed by atoms with E-state index >= 15 is 0 Å². The summed E-state index contributed by atoms with van der Waals surface area (Å²) in [6.45, 7) is 4.03. The number of halogens is 1. The van der Waals surface area contributed by atoms with Gasteiger partial charge < -0.3 is 15.2 Å². The number of nitrogens with zero attached hydrogens (tertiary/aromatic N) is 2. The van der Waals surface area contributed by atoms with E-state index in [1.54, 1.807) is 21.0 Å². The minimum absolute atomic E-state index is 0.0476. The molecule has 112 valence electrons. The van der Waals surface area contributed by atoms with Crippen molar-refractivity contribution in [1.29, 1.82) is 0 Å². The Balaban J connectivity index is 2.79. The lowest BCUT2D eigenvalue weighted by Gasteiger charge is -2.24. The van der Waals surface area contributed by atoms with Crippen LogP contribution >= 0.6 is 15.9 Å². The number of rotatable bonds is 7. The molecule has 0 aliphatic heterocycles. The zero-order chi connectivity index (χ0) is 15.3. The number of pyridine rings is 1. The largest absolute Gasteiger partial charge is 0.388 e. The van der Waals surface area contributed by atoms with Gasteiger partial charge in [0.05, 0.1) is 15.0 Å². The van der Waals surface area contributed by atoms with Crippen molar-refractivity contribution >= 4 is 27.4 Å². The fourth-order valence-electron chi connectivity index (χ4n) is 1.56. The Morgan fingerprint density at radius 1 is 1.65 bits per heavy atom. The number of anilines is 1. The van der Waals surface area contributed by atoms with Crippen LogP contribution in [0.5, 0.6) is 0 Å². The van der Waals surface area contributed by atoms with Crippen molar-refractivity contribution in [3.63, 3.8) is 0 Å². The van der Waals surface area contributed by atoms with Crippen molar-refractivity contribution in [2.24, 2.45) is 0 Å². The molecule has 0 aliphatic carbocycles. The second kappa shape index (κ2) is 6.96. The maximum Gasteiger partial charge on any atom is 0.291 e. The molecule has 1 aromatic rings. The highest BCUT2D eigenvalue weighted by Crippen LogP contribution is 2.30. The van der Waals surface area contributed by atoms with Gasteiger partial charge in [-0.05, 0) is 29.8 Å². The lowest BCUT2D eigenvalue weighted by Crippen LogP contribution is -2.35. The molecule has 2 N–H and O–H groups in total. The highest BCUT2D eigenvalue weighted by molar-refractivity contribution is 9.10. The minimum atomic E-state index is -0.952. The molecule has 0 aliphatic rings. The van der Waals surface area contributed by atoms with Crippen molar-refractivity contribution in [1.82, 2.24) is 4.98 Å². The smallest absolute Gasteiger partial charge is 0.291 e. The van der Waals surface area contributed by atoms with Gasteiger partial charge in [-0.3, -0.25) is 10.1 Å². The van der Waals surface area contributed by atoms with Crippen LogP contribution in [0.25, 0.3) is 0 Å². The molecule has 0 saturated carbocycles. The predicted octanol–water partition coefficient (Wildman–Crippen LogP) is 2.26. The number of aromatic nitrogens is 1. The van der Waals surface area contributed by atoms with Crippen LogP contribution in [0.15, 0.2) is 10.7 Å². The summed E-state index contributed by atoms with van der Waals surface area (Å²) in [6.07, 6.45) is 1.67. The van der Waals surface area contributed by atoms with E-state index in [1.807, 2.05) is 0 Å². The van der Waals surface area contributed by atoms with E-state index in [0.29, 0.717) is 28.9 Å². The number of nitro groups is 1. The number of hydrogen-bond acceptors (Lipinski definition) is 6. The molecule has 1 atom stereocenters. The van der Waals surface area contributed by atoms with Crippen LogP contribution in [0.1, 0.15) is 18.9 Å². The molecule has 1 heterocycles. The molecule has 20 heavy (non-hydrogen) atoms. The predicted molar refractivity (Wildman–Crippen MR) is 78.9 cm³/mol. The van der Waals surface area contributed by atoms with Crippen molar-refractivity contribution in [2.45, 2.75) is 25.9 Å². The molecule has 1 aromatic heterocycles. The molecule has 1 rings (SSSR count). The van der Waals surface area contributed by atoms with E-state index in [2.05, 4.69) is 26.2 Å². The van der Waals surface area contributed by atoms with Crippen molar-refractivity contribution < 1.29 is 14.8 Å². The van der Waals surface area contributed by atoms with Crippen LogP contribution in [0.4, 0.5) is 11.5 Å². The Morgan fingerprint density at radius 3 is 2.85 bits per heavy atom. The summed E-state index contributed by atoms with van der Waals surface area (Å²) < 4.78 is 5.45. The molecule has 1 unspecified atom stereocenters. The topological polar surface area (TPSA) is 97.5 Å². The van der Waals surface area contributed by atoms with E-state index in [-0.39, 0.29) is 12.2 Å². The first kappa shape index (κ1) is 16.8. The van der Waals surface area contributed by atoms with E-state index in [9.17, 15) is 15.2 Å². The van der Waals surface area contributed by atoms with Gasteiger partial charge in [0.1, 0.15) is 12.0 Å². The first-order valence-corrected chi connectivity index (χ1v) is 6.82. The maximum absolute atomic E-state index is 10.8. The molecule has 0 radical (unpaired) electrons. The van der Waals surface area contributed by atoms with Crippen LogP contribution < -0.4 is 5.32 Å². The van der Waals surface area contributed by atoms with Gasteiger partial charge in [-0.1, -0.05) is 0 Å². The van der Waals surface area contributed by atoms with Gasteiger partial charge in [-0.25, -0.2) is 4.98 Å². The van der Waals surface area contributed by atoms with Gasteiger partial charge in [0.25, 0.3) is 5.69 Å². The molecule has 0 fully saturated rings. The molecular weight excluding hydrogens is 330 g/mol.